The van der Waals surface area contributed by atoms with E-state index in [1.807, 2.05) is 36.4 Å². The lowest BCUT2D eigenvalue weighted by atomic mass is 9.92. The molecule has 32 heavy (non-hydrogen) atoms. The number of guanidine groups is 1. The number of benzene rings is 3. The van der Waals surface area contributed by atoms with Gasteiger partial charge in [0.2, 0.25) is 5.91 Å². The van der Waals surface area contributed by atoms with E-state index < -0.39 is 0 Å². The van der Waals surface area contributed by atoms with E-state index in [-0.39, 0.29) is 29.9 Å². The summed E-state index contributed by atoms with van der Waals surface area (Å²) in [6, 6.07) is 28.9. The average Bonchev–Trinajstić information content (AvgIpc) is 2.79. The number of hydrogen-bond donors (Lipinski definition) is 3. The number of anilines is 1. The van der Waals surface area contributed by atoms with Crippen LogP contribution in [-0.2, 0) is 17.8 Å². The van der Waals surface area contributed by atoms with E-state index in [0.717, 1.165) is 30.2 Å². The van der Waals surface area contributed by atoms with E-state index in [2.05, 4.69) is 69.5 Å². The minimum absolute atomic E-state index is 0. The first-order valence-electron chi connectivity index (χ1n) is 10.5. The van der Waals surface area contributed by atoms with Gasteiger partial charge in [0.15, 0.2) is 5.96 Å². The van der Waals surface area contributed by atoms with Crippen molar-refractivity contribution < 1.29 is 4.79 Å². The highest BCUT2D eigenvalue weighted by atomic mass is 127. The van der Waals surface area contributed by atoms with Crippen LogP contribution < -0.4 is 16.0 Å². The lowest BCUT2D eigenvalue weighted by molar-refractivity contribution is -0.114. The Morgan fingerprint density at radius 1 is 0.875 bits per heavy atom. The number of hydrogen-bond acceptors (Lipinski definition) is 2. The highest BCUT2D eigenvalue weighted by Gasteiger charge is 2.13. The molecule has 0 radical (unpaired) electrons. The van der Waals surface area contributed by atoms with E-state index in [1.54, 1.807) is 7.05 Å². The summed E-state index contributed by atoms with van der Waals surface area (Å²) < 4.78 is 0. The lowest BCUT2D eigenvalue weighted by Crippen LogP contribution is -2.39. The Labute approximate surface area is 207 Å². The van der Waals surface area contributed by atoms with Crippen molar-refractivity contribution in [1.82, 2.24) is 10.6 Å². The summed E-state index contributed by atoms with van der Waals surface area (Å²) >= 11 is 0. The molecule has 3 aromatic carbocycles. The van der Waals surface area contributed by atoms with Crippen LogP contribution in [0.1, 0.15) is 29.5 Å². The monoisotopic (exact) mass is 542 g/mol. The Bertz CT molecular complexity index is 993. The molecule has 0 fully saturated rings. The molecule has 0 bridgehead atoms. The van der Waals surface area contributed by atoms with Gasteiger partial charge in [0, 0.05) is 38.7 Å². The molecule has 0 saturated heterocycles. The molecular formula is C26H31IN4O. The second-order valence-electron chi connectivity index (χ2n) is 7.49. The summed E-state index contributed by atoms with van der Waals surface area (Å²) in [6.07, 6.45) is 0.952. The fourth-order valence-corrected chi connectivity index (χ4v) is 3.52. The summed E-state index contributed by atoms with van der Waals surface area (Å²) in [5, 5.41) is 9.65. The van der Waals surface area contributed by atoms with Crippen LogP contribution in [0, 0.1) is 0 Å². The molecule has 0 heterocycles. The molecular weight excluding hydrogens is 511 g/mol. The number of halogens is 1. The zero-order valence-corrected chi connectivity index (χ0v) is 20.9. The van der Waals surface area contributed by atoms with Crippen LogP contribution in [0.2, 0.25) is 0 Å². The van der Waals surface area contributed by atoms with Crippen LogP contribution in [0.5, 0.6) is 0 Å². The van der Waals surface area contributed by atoms with Crippen molar-refractivity contribution in [2.75, 3.05) is 18.9 Å². The summed E-state index contributed by atoms with van der Waals surface area (Å²) in [5.41, 5.74) is 4.48. The zero-order valence-electron chi connectivity index (χ0n) is 18.5. The van der Waals surface area contributed by atoms with Gasteiger partial charge in [-0.3, -0.25) is 9.79 Å². The average molecular weight is 542 g/mol. The molecule has 1 atom stereocenters. The van der Waals surface area contributed by atoms with Crippen LogP contribution >= 0.6 is 24.0 Å². The van der Waals surface area contributed by atoms with Crippen LogP contribution in [0.3, 0.4) is 0 Å². The van der Waals surface area contributed by atoms with Crippen molar-refractivity contribution in [2.24, 2.45) is 4.99 Å². The fourth-order valence-electron chi connectivity index (χ4n) is 3.52. The molecule has 3 rings (SSSR count). The Balaban J connectivity index is 0.00000363. The Morgan fingerprint density at radius 2 is 1.53 bits per heavy atom. The quantitative estimate of drug-likeness (QED) is 0.214. The fraction of sp³-hybridized carbons (Fsp3) is 0.231. The summed E-state index contributed by atoms with van der Waals surface area (Å²) in [7, 11) is 1.78. The van der Waals surface area contributed by atoms with Crippen LogP contribution in [0.15, 0.2) is 89.9 Å². The van der Waals surface area contributed by atoms with Crippen molar-refractivity contribution >= 4 is 41.5 Å². The summed E-state index contributed by atoms with van der Waals surface area (Å²) in [5.74, 6) is 0.997. The zero-order chi connectivity index (χ0) is 21.9. The molecule has 0 aromatic heterocycles. The number of nitrogens with zero attached hydrogens (tertiary/aromatic N) is 1. The number of carbonyl (C=O) groups is 1. The molecule has 3 aromatic rings. The van der Waals surface area contributed by atoms with Gasteiger partial charge in [0.05, 0.1) is 0 Å². The largest absolute Gasteiger partial charge is 0.356 e. The van der Waals surface area contributed by atoms with Gasteiger partial charge in [0.25, 0.3) is 0 Å². The maximum atomic E-state index is 11.3. The second kappa shape index (κ2) is 13.5. The minimum Gasteiger partial charge on any atom is -0.356 e. The molecule has 0 saturated carbocycles. The Hall–Kier alpha value is -2.87. The number of aliphatic imine (C=N–C) groups is 1. The SMILES string of the molecule is CN=C(NCc1cccc(NC(C)=O)c1)NCC(Cc1ccccc1)c1ccccc1.I. The van der Waals surface area contributed by atoms with Crippen LogP contribution in [0.4, 0.5) is 5.69 Å². The third kappa shape index (κ3) is 8.34. The molecule has 0 aliphatic heterocycles. The van der Waals surface area contributed by atoms with E-state index >= 15 is 0 Å². The maximum Gasteiger partial charge on any atom is 0.221 e. The first kappa shape index (κ1) is 25.4. The molecule has 1 amide bonds. The molecule has 0 aliphatic carbocycles. The summed E-state index contributed by atoms with van der Waals surface area (Å²) in [6.45, 7) is 2.89. The lowest BCUT2D eigenvalue weighted by Gasteiger charge is -2.20. The predicted octanol–water partition coefficient (Wildman–Crippen LogP) is 4.95. The van der Waals surface area contributed by atoms with Gasteiger partial charge in [-0.2, -0.15) is 0 Å². The van der Waals surface area contributed by atoms with E-state index in [0.29, 0.717) is 12.5 Å². The predicted molar refractivity (Wildman–Crippen MR) is 144 cm³/mol. The van der Waals surface area contributed by atoms with Gasteiger partial charge in [-0.1, -0.05) is 72.8 Å². The number of amides is 1. The van der Waals surface area contributed by atoms with Crippen molar-refractivity contribution in [1.29, 1.82) is 0 Å². The van der Waals surface area contributed by atoms with E-state index in [9.17, 15) is 4.79 Å². The minimum atomic E-state index is -0.0760. The van der Waals surface area contributed by atoms with Crippen molar-refractivity contribution in [2.45, 2.75) is 25.8 Å². The third-order valence-corrected chi connectivity index (χ3v) is 5.04. The molecule has 3 N–H and O–H groups in total. The normalized spacial score (nSPS) is 11.8. The van der Waals surface area contributed by atoms with Gasteiger partial charge >= 0.3 is 0 Å². The highest BCUT2D eigenvalue weighted by Crippen LogP contribution is 2.20. The molecule has 6 heteroatoms. The maximum absolute atomic E-state index is 11.3. The van der Waals surface area contributed by atoms with Gasteiger partial charge < -0.3 is 16.0 Å². The van der Waals surface area contributed by atoms with Gasteiger partial charge in [-0.15, -0.1) is 24.0 Å². The van der Waals surface area contributed by atoms with Crippen molar-refractivity contribution in [3.8, 4) is 0 Å². The Morgan fingerprint density at radius 3 is 2.19 bits per heavy atom. The van der Waals surface area contributed by atoms with Crippen molar-refractivity contribution in [3.63, 3.8) is 0 Å². The second-order valence-corrected chi connectivity index (χ2v) is 7.49. The van der Waals surface area contributed by atoms with Crippen LogP contribution in [0.25, 0.3) is 0 Å². The topological polar surface area (TPSA) is 65.5 Å². The van der Waals surface area contributed by atoms with E-state index in [4.69, 9.17) is 0 Å². The first-order chi connectivity index (χ1) is 15.1. The van der Waals surface area contributed by atoms with Crippen molar-refractivity contribution in [3.05, 3.63) is 102 Å². The molecule has 168 valence electrons. The standard InChI is InChI=1S/C26H30N4O.HI/c1-20(31)30-25-15-9-12-22(17-25)18-28-26(27-2)29-19-24(23-13-7-4-8-14-23)16-21-10-5-3-6-11-21;/h3-15,17,24H,16,18-19H2,1-2H3,(H,30,31)(H2,27,28,29);1H. The van der Waals surface area contributed by atoms with Gasteiger partial charge in [-0.05, 0) is 35.2 Å². The molecule has 0 aliphatic rings. The number of carbonyl (C=O) groups excluding carboxylic acids is 1. The summed E-state index contributed by atoms with van der Waals surface area (Å²) in [4.78, 5) is 15.6. The van der Waals surface area contributed by atoms with Crippen LogP contribution in [-0.4, -0.2) is 25.5 Å². The first-order valence-corrected chi connectivity index (χ1v) is 10.5. The molecule has 0 spiro atoms. The van der Waals surface area contributed by atoms with Gasteiger partial charge in [-0.25, -0.2) is 0 Å². The number of nitrogens with one attached hydrogen (secondary N) is 3. The third-order valence-electron chi connectivity index (χ3n) is 5.04. The molecule has 5 nitrogen and oxygen atoms in total. The van der Waals surface area contributed by atoms with Gasteiger partial charge in [0.1, 0.15) is 0 Å². The highest BCUT2D eigenvalue weighted by molar-refractivity contribution is 14.0. The Kier molecular flexibility index (Phi) is 10.7. The smallest absolute Gasteiger partial charge is 0.221 e. The molecule has 1 unspecified atom stereocenters. The number of rotatable bonds is 8. The van der Waals surface area contributed by atoms with E-state index in [1.165, 1.54) is 18.1 Å².